The minimum absolute atomic E-state index is 0.0402. The van der Waals surface area contributed by atoms with Gasteiger partial charge in [0.1, 0.15) is 0 Å². The van der Waals surface area contributed by atoms with E-state index in [-0.39, 0.29) is 16.4 Å². The Kier molecular flexibility index (Phi) is 2.80. The van der Waals surface area contributed by atoms with Gasteiger partial charge in [-0.3, -0.25) is 0 Å². The molecule has 2 aliphatic rings. The summed E-state index contributed by atoms with van der Waals surface area (Å²) >= 11 is 1.94. The van der Waals surface area contributed by atoms with Gasteiger partial charge in [-0.15, -0.1) is 11.3 Å². The van der Waals surface area contributed by atoms with Crippen LogP contribution in [0, 0.1) is 12.3 Å². The van der Waals surface area contributed by atoms with Gasteiger partial charge in [0.25, 0.3) is 0 Å². The summed E-state index contributed by atoms with van der Waals surface area (Å²) in [5.41, 5.74) is 6.18. The van der Waals surface area contributed by atoms with Crippen LogP contribution in [0.3, 0.4) is 0 Å². The van der Waals surface area contributed by atoms with Gasteiger partial charge in [-0.2, -0.15) is 0 Å². The van der Waals surface area contributed by atoms with E-state index in [1.54, 1.807) is 4.88 Å². The summed E-state index contributed by atoms with van der Waals surface area (Å²) in [4.78, 5) is 4.29. The molecule has 1 nitrogen and oxygen atoms in total. The van der Waals surface area contributed by atoms with Crippen LogP contribution < -0.4 is 4.90 Å². The molecular weight excluding hydrogens is 298 g/mol. The lowest BCUT2D eigenvalue weighted by Crippen LogP contribution is -2.61. The Balaban J connectivity index is 2.15. The van der Waals surface area contributed by atoms with Crippen LogP contribution in [0.1, 0.15) is 69.2 Å². The molecule has 0 N–H and O–H groups in total. The molecule has 23 heavy (non-hydrogen) atoms. The molecule has 0 fully saturated rings. The SMILES string of the molecule is Cc1cccc2c1N1C(C)c3ccsc3C1(C)C(C)(C)C2(C)C. The molecule has 0 spiro atoms. The number of para-hydroxylation sites is 1. The van der Waals surface area contributed by atoms with E-state index in [4.69, 9.17) is 0 Å². The van der Waals surface area contributed by atoms with Crippen molar-refractivity contribution in [2.24, 2.45) is 5.41 Å². The maximum absolute atomic E-state index is 2.73. The van der Waals surface area contributed by atoms with Gasteiger partial charge in [0.2, 0.25) is 0 Å². The van der Waals surface area contributed by atoms with Gasteiger partial charge >= 0.3 is 0 Å². The lowest BCUT2D eigenvalue weighted by Gasteiger charge is -2.62. The van der Waals surface area contributed by atoms with Gasteiger partial charge in [-0.05, 0) is 54.3 Å². The zero-order valence-electron chi connectivity index (χ0n) is 15.3. The molecule has 0 radical (unpaired) electrons. The molecule has 0 aliphatic carbocycles. The quantitative estimate of drug-likeness (QED) is 0.560. The Morgan fingerprint density at radius 1 is 1.04 bits per heavy atom. The smallest absolute Gasteiger partial charge is 0.0786 e. The maximum Gasteiger partial charge on any atom is 0.0786 e. The topological polar surface area (TPSA) is 3.24 Å². The molecule has 2 unspecified atom stereocenters. The molecule has 2 aromatic rings. The number of nitrogens with zero attached hydrogens (tertiary/aromatic N) is 1. The third-order valence-electron chi connectivity index (χ3n) is 7.39. The summed E-state index contributed by atoms with van der Waals surface area (Å²) in [6.07, 6.45) is 0. The first kappa shape index (κ1) is 15.3. The number of anilines is 1. The van der Waals surface area contributed by atoms with Crippen LogP contribution in [0.25, 0.3) is 0 Å². The highest BCUT2D eigenvalue weighted by atomic mass is 32.1. The third kappa shape index (κ3) is 1.45. The minimum Gasteiger partial charge on any atom is -0.353 e. The normalized spacial score (nSPS) is 29.9. The predicted octanol–water partition coefficient (Wildman–Crippen LogP) is 6.17. The average molecular weight is 326 g/mol. The average Bonchev–Trinajstić information content (AvgIpc) is 3.03. The van der Waals surface area contributed by atoms with Crippen LogP contribution in [0.15, 0.2) is 29.6 Å². The van der Waals surface area contributed by atoms with Crippen molar-refractivity contribution in [3.05, 3.63) is 51.2 Å². The van der Waals surface area contributed by atoms with E-state index in [2.05, 4.69) is 83.0 Å². The van der Waals surface area contributed by atoms with Crippen LogP contribution in [-0.2, 0) is 11.0 Å². The number of hydrogen-bond donors (Lipinski definition) is 0. The molecule has 3 heterocycles. The van der Waals surface area contributed by atoms with Gasteiger partial charge in [0.05, 0.1) is 11.6 Å². The first-order chi connectivity index (χ1) is 10.7. The summed E-state index contributed by atoms with van der Waals surface area (Å²) in [5, 5.41) is 2.28. The van der Waals surface area contributed by atoms with E-state index >= 15 is 0 Å². The fourth-order valence-corrected chi connectivity index (χ4v) is 6.42. The van der Waals surface area contributed by atoms with E-state index in [9.17, 15) is 0 Å². The van der Waals surface area contributed by atoms with E-state index in [0.717, 1.165) is 0 Å². The number of benzene rings is 1. The lowest BCUT2D eigenvalue weighted by molar-refractivity contribution is 0.0672. The van der Waals surface area contributed by atoms with Crippen molar-refractivity contribution in [1.82, 2.24) is 0 Å². The second-order valence-electron chi connectivity index (χ2n) is 8.54. The van der Waals surface area contributed by atoms with E-state index in [1.165, 1.54) is 22.4 Å². The molecule has 122 valence electrons. The molecule has 2 atom stereocenters. The Morgan fingerprint density at radius 3 is 2.43 bits per heavy atom. The molecular formula is C21H27NS. The Bertz CT molecular complexity index is 798. The van der Waals surface area contributed by atoms with Gasteiger partial charge in [-0.1, -0.05) is 45.9 Å². The maximum atomic E-state index is 2.73. The number of aryl methyl sites for hydroxylation is 1. The number of thiophene rings is 1. The summed E-state index contributed by atoms with van der Waals surface area (Å²) in [7, 11) is 0. The highest BCUT2D eigenvalue weighted by Crippen LogP contribution is 2.68. The van der Waals surface area contributed by atoms with Crippen LogP contribution in [-0.4, -0.2) is 0 Å². The van der Waals surface area contributed by atoms with E-state index in [0.29, 0.717) is 6.04 Å². The second kappa shape index (κ2) is 4.22. The fourth-order valence-electron chi connectivity index (χ4n) is 5.11. The van der Waals surface area contributed by atoms with Crippen molar-refractivity contribution >= 4 is 17.0 Å². The van der Waals surface area contributed by atoms with Crippen molar-refractivity contribution in [1.29, 1.82) is 0 Å². The van der Waals surface area contributed by atoms with Crippen molar-refractivity contribution in [3.8, 4) is 0 Å². The molecule has 0 amide bonds. The zero-order valence-corrected chi connectivity index (χ0v) is 16.1. The van der Waals surface area contributed by atoms with Crippen LogP contribution >= 0.6 is 11.3 Å². The van der Waals surface area contributed by atoms with Crippen molar-refractivity contribution in [2.75, 3.05) is 4.90 Å². The number of rotatable bonds is 0. The highest BCUT2D eigenvalue weighted by molar-refractivity contribution is 7.10. The van der Waals surface area contributed by atoms with Crippen molar-refractivity contribution in [2.45, 2.75) is 65.5 Å². The fraction of sp³-hybridized carbons (Fsp3) is 0.524. The summed E-state index contributed by atoms with van der Waals surface area (Å²) in [5.74, 6) is 0. The van der Waals surface area contributed by atoms with E-state index in [1.807, 2.05) is 11.3 Å². The Labute approximate surface area is 144 Å². The molecule has 2 heteroatoms. The first-order valence-electron chi connectivity index (χ1n) is 8.63. The number of hydrogen-bond acceptors (Lipinski definition) is 2. The van der Waals surface area contributed by atoms with Crippen molar-refractivity contribution in [3.63, 3.8) is 0 Å². The van der Waals surface area contributed by atoms with E-state index < -0.39 is 0 Å². The summed E-state index contributed by atoms with van der Waals surface area (Å²) in [6.45, 7) is 16.9. The molecule has 0 bridgehead atoms. The largest absolute Gasteiger partial charge is 0.353 e. The molecule has 1 aromatic heterocycles. The Hall–Kier alpha value is -1.28. The first-order valence-corrected chi connectivity index (χ1v) is 9.51. The molecule has 0 saturated heterocycles. The van der Waals surface area contributed by atoms with Crippen LogP contribution in [0.4, 0.5) is 5.69 Å². The van der Waals surface area contributed by atoms with Gasteiger partial charge in [0.15, 0.2) is 0 Å². The second-order valence-corrected chi connectivity index (χ2v) is 9.46. The molecule has 2 aliphatic heterocycles. The van der Waals surface area contributed by atoms with Gasteiger partial charge in [-0.25, -0.2) is 0 Å². The van der Waals surface area contributed by atoms with Gasteiger partial charge < -0.3 is 4.90 Å². The summed E-state index contributed by atoms with van der Waals surface area (Å²) in [6, 6.07) is 9.63. The highest BCUT2D eigenvalue weighted by Gasteiger charge is 2.64. The lowest BCUT2D eigenvalue weighted by atomic mass is 9.52. The van der Waals surface area contributed by atoms with Crippen LogP contribution in [0.2, 0.25) is 0 Å². The molecule has 1 aromatic carbocycles. The van der Waals surface area contributed by atoms with Crippen molar-refractivity contribution < 1.29 is 0 Å². The monoisotopic (exact) mass is 325 g/mol. The molecule has 0 saturated carbocycles. The molecule has 4 rings (SSSR count). The standard InChI is InChI=1S/C21H27NS/c1-13-9-8-10-16-17(13)22-14(2)15-11-12-23-18(15)21(22,7)20(5,6)19(16,3)4/h8-12,14H,1-7H3. The summed E-state index contributed by atoms with van der Waals surface area (Å²) < 4.78 is 0. The number of fused-ring (bicyclic) bond motifs is 5. The third-order valence-corrected chi connectivity index (χ3v) is 8.53. The Morgan fingerprint density at radius 2 is 1.74 bits per heavy atom. The minimum atomic E-state index is 0.0402. The van der Waals surface area contributed by atoms with Gasteiger partial charge in [0, 0.05) is 16.0 Å². The predicted molar refractivity (Wildman–Crippen MR) is 101 cm³/mol. The van der Waals surface area contributed by atoms with Crippen LogP contribution in [0.5, 0.6) is 0 Å². The zero-order chi connectivity index (χ0) is 16.8.